The van der Waals surface area contributed by atoms with Crippen molar-refractivity contribution in [3.05, 3.63) is 35.9 Å². The van der Waals surface area contributed by atoms with Crippen LogP contribution in [0.3, 0.4) is 0 Å². The number of guanidine groups is 1. The fourth-order valence-electron chi connectivity index (χ4n) is 3.89. The van der Waals surface area contributed by atoms with Crippen molar-refractivity contribution in [3.8, 4) is 0 Å². The largest absolute Gasteiger partial charge is 0.376 e. The zero-order valence-corrected chi connectivity index (χ0v) is 17.1. The molecule has 0 bridgehead atoms. The van der Waals surface area contributed by atoms with Gasteiger partial charge in [0.1, 0.15) is 0 Å². The van der Waals surface area contributed by atoms with Crippen molar-refractivity contribution in [1.29, 1.82) is 0 Å². The number of hydrogen-bond acceptors (Lipinski definition) is 3. The van der Waals surface area contributed by atoms with Gasteiger partial charge in [0.2, 0.25) is 5.91 Å². The summed E-state index contributed by atoms with van der Waals surface area (Å²) in [5.74, 6) is 1.70. The Kier molecular flexibility index (Phi) is 8.15. The van der Waals surface area contributed by atoms with Gasteiger partial charge in [-0.3, -0.25) is 9.79 Å². The Morgan fingerprint density at radius 1 is 1.18 bits per heavy atom. The summed E-state index contributed by atoms with van der Waals surface area (Å²) in [6, 6.07) is 10.3. The number of carbonyl (C=O) groups excluding carboxylic acids is 1. The minimum absolute atomic E-state index is 0.241. The summed E-state index contributed by atoms with van der Waals surface area (Å²) in [7, 11) is 0. The van der Waals surface area contributed by atoms with Crippen LogP contribution >= 0.6 is 0 Å². The molecule has 0 aromatic heterocycles. The fourth-order valence-corrected chi connectivity index (χ4v) is 3.89. The summed E-state index contributed by atoms with van der Waals surface area (Å²) in [5, 5.41) is 3.38. The van der Waals surface area contributed by atoms with Crippen LogP contribution in [-0.4, -0.2) is 67.5 Å². The molecular weight excluding hydrogens is 352 g/mol. The number of nitrogens with one attached hydrogen (secondary N) is 1. The van der Waals surface area contributed by atoms with E-state index in [1.165, 1.54) is 5.56 Å². The minimum Gasteiger partial charge on any atom is -0.376 e. The molecular formula is C22H34N4O2. The number of aliphatic imine (C=N–C) groups is 1. The highest BCUT2D eigenvalue weighted by molar-refractivity contribution is 5.81. The summed E-state index contributed by atoms with van der Waals surface area (Å²) in [4.78, 5) is 21.2. The van der Waals surface area contributed by atoms with E-state index in [1.54, 1.807) is 0 Å². The predicted molar refractivity (Wildman–Crippen MR) is 112 cm³/mol. The summed E-state index contributed by atoms with van der Waals surface area (Å²) in [6.45, 7) is 8.71. The lowest BCUT2D eigenvalue weighted by molar-refractivity contribution is -0.129. The van der Waals surface area contributed by atoms with Crippen LogP contribution in [0, 0.1) is 5.92 Å². The van der Waals surface area contributed by atoms with E-state index in [0.29, 0.717) is 25.5 Å². The molecule has 2 fully saturated rings. The number of benzene rings is 1. The zero-order valence-electron chi connectivity index (χ0n) is 17.1. The van der Waals surface area contributed by atoms with Gasteiger partial charge >= 0.3 is 0 Å². The highest BCUT2D eigenvalue weighted by Crippen LogP contribution is 2.17. The molecule has 1 aromatic rings. The van der Waals surface area contributed by atoms with E-state index in [0.717, 1.165) is 64.6 Å². The molecule has 1 atom stereocenters. The molecule has 0 saturated carbocycles. The van der Waals surface area contributed by atoms with Gasteiger partial charge in [0, 0.05) is 45.1 Å². The van der Waals surface area contributed by atoms with Crippen LogP contribution in [0.25, 0.3) is 0 Å². The fraction of sp³-hybridized carbons (Fsp3) is 0.636. The van der Waals surface area contributed by atoms with Gasteiger partial charge in [-0.05, 0) is 31.7 Å². The first-order valence-corrected chi connectivity index (χ1v) is 10.7. The first kappa shape index (κ1) is 20.6. The molecule has 0 aliphatic carbocycles. The van der Waals surface area contributed by atoms with Gasteiger partial charge in [-0.2, -0.15) is 0 Å². The smallest absolute Gasteiger partial charge is 0.224 e. The second kappa shape index (κ2) is 11.1. The van der Waals surface area contributed by atoms with Crippen molar-refractivity contribution in [2.75, 3.05) is 45.9 Å². The number of hydrogen-bond donors (Lipinski definition) is 1. The number of nitrogens with zero attached hydrogens (tertiary/aromatic N) is 3. The third kappa shape index (κ3) is 6.23. The summed E-state index contributed by atoms with van der Waals surface area (Å²) < 4.78 is 5.92. The molecule has 154 valence electrons. The summed E-state index contributed by atoms with van der Waals surface area (Å²) in [6.07, 6.45) is 3.90. The van der Waals surface area contributed by atoms with Crippen molar-refractivity contribution in [2.45, 2.75) is 39.2 Å². The zero-order chi connectivity index (χ0) is 19.6. The molecule has 1 aromatic carbocycles. The van der Waals surface area contributed by atoms with E-state index in [1.807, 2.05) is 23.1 Å². The Bertz CT molecular complexity index is 629. The van der Waals surface area contributed by atoms with Crippen LogP contribution in [0.15, 0.2) is 35.3 Å². The highest BCUT2D eigenvalue weighted by Gasteiger charge is 2.25. The van der Waals surface area contributed by atoms with Gasteiger partial charge in [0.25, 0.3) is 0 Å². The Balaban J connectivity index is 1.41. The molecule has 2 aliphatic rings. The van der Waals surface area contributed by atoms with E-state index in [2.05, 4.69) is 29.3 Å². The summed E-state index contributed by atoms with van der Waals surface area (Å²) in [5.41, 5.74) is 1.22. The molecule has 1 N–H and O–H groups in total. The number of rotatable bonds is 8. The Hall–Kier alpha value is -2.08. The van der Waals surface area contributed by atoms with Gasteiger partial charge in [0.05, 0.1) is 19.8 Å². The van der Waals surface area contributed by atoms with E-state index < -0.39 is 0 Å². The van der Waals surface area contributed by atoms with Gasteiger partial charge in [-0.25, -0.2) is 0 Å². The third-order valence-electron chi connectivity index (χ3n) is 5.43. The molecule has 1 unspecified atom stereocenters. The quantitative estimate of drug-likeness (QED) is 0.551. The Morgan fingerprint density at radius 2 is 1.96 bits per heavy atom. The topological polar surface area (TPSA) is 57.2 Å². The van der Waals surface area contributed by atoms with E-state index in [9.17, 15) is 4.79 Å². The molecule has 0 radical (unpaired) electrons. The van der Waals surface area contributed by atoms with Crippen molar-refractivity contribution in [1.82, 2.24) is 15.1 Å². The number of amides is 1. The van der Waals surface area contributed by atoms with Crippen molar-refractivity contribution >= 4 is 11.9 Å². The molecule has 2 saturated heterocycles. The maximum absolute atomic E-state index is 12.2. The molecule has 28 heavy (non-hydrogen) atoms. The highest BCUT2D eigenvalue weighted by atomic mass is 16.5. The minimum atomic E-state index is 0.241. The normalized spacial score (nSPS) is 20.0. The maximum atomic E-state index is 12.2. The lowest BCUT2D eigenvalue weighted by Gasteiger charge is -2.22. The number of ether oxygens (including phenoxy) is 1. The molecule has 6 nitrogen and oxygen atoms in total. The van der Waals surface area contributed by atoms with Crippen LogP contribution in [0.4, 0.5) is 0 Å². The van der Waals surface area contributed by atoms with E-state index in [4.69, 9.17) is 9.73 Å². The van der Waals surface area contributed by atoms with E-state index in [-0.39, 0.29) is 5.91 Å². The average molecular weight is 387 g/mol. The third-order valence-corrected chi connectivity index (χ3v) is 5.43. The van der Waals surface area contributed by atoms with Crippen LogP contribution < -0.4 is 5.32 Å². The maximum Gasteiger partial charge on any atom is 0.224 e. The van der Waals surface area contributed by atoms with Crippen LogP contribution in [0.5, 0.6) is 0 Å². The second-order valence-electron chi connectivity index (χ2n) is 7.67. The second-order valence-corrected chi connectivity index (χ2v) is 7.67. The van der Waals surface area contributed by atoms with Crippen molar-refractivity contribution in [2.24, 2.45) is 10.9 Å². The van der Waals surface area contributed by atoms with Crippen LogP contribution in [0.1, 0.15) is 38.2 Å². The SMILES string of the molecule is CCNC(=NCCC(=O)N1CCCC1)N1CCC(COCc2ccccc2)C1. The van der Waals surface area contributed by atoms with E-state index >= 15 is 0 Å². The lowest BCUT2D eigenvalue weighted by atomic mass is 10.1. The standard InChI is InChI=1S/C22H34N4O2/c1-2-23-22(24-12-10-21(27)25-13-6-7-14-25)26-15-11-20(16-26)18-28-17-19-8-4-3-5-9-19/h3-5,8-9,20H,2,6-7,10-18H2,1H3,(H,23,24). The molecule has 0 spiro atoms. The molecule has 3 rings (SSSR count). The van der Waals surface area contributed by atoms with Crippen molar-refractivity contribution < 1.29 is 9.53 Å². The monoisotopic (exact) mass is 386 g/mol. The Morgan fingerprint density at radius 3 is 2.71 bits per heavy atom. The van der Waals surface area contributed by atoms with Gasteiger partial charge in [0.15, 0.2) is 5.96 Å². The van der Waals surface area contributed by atoms with Crippen LogP contribution in [0.2, 0.25) is 0 Å². The molecule has 6 heteroatoms. The number of carbonyl (C=O) groups is 1. The molecule has 2 heterocycles. The lowest BCUT2D eigenvalue weighted by Crippen LogP contribution is -2.40. The van der Waals surface area contributed by atoms with Gasteiger partial charge in [-0.1, -0.05) is 30.3 Å². The van der Waals surface area contributed by atoms with Crippen LogP contribution in [-0.2, 0) is 16.1 Å². The molecule has 1 amide bonds. The molecule has 2 aliphatic heterocycles. The predicted octanol–water partition coefficient (Wildman–Crippen LogP) is 2.50. The summed E-state index contributed by atoms with van der Waals surface area (Å²) >= 11 is 0. The number of likely N-dealkylation sites (tertiary alicyclic amines) is 2. The Labute approximate surface area is 168 Å². The van der Waals surface area contributed by atoms with Gasteiger partial charge < -0.3 is 19.9 Å². The first-order valence-electron chi connectivity index (χ1n) is 10.7. The van der Waals surface area contributed by atoms with Gasteiger partial charge in [-0.15, -0.1) is 0 Å². The van der Waals surface area contributed by atoms with Crippen molar-refractivity contribution in [3.63, 3.8) is 0 Å². The average Bonchev–Trinajstić information content (AvgIpc) is 3.40. The first-order chi connectivity index (χ1) is 13.8.